The van der Waals surface area contributed by atoms with Crippen LogP contribution >= 0.6 is 0 Å². The van der Waals surface area contributed by atoms with Gasteiger partial charge in [-0.15, -0.1) is 0 Å². The van der Waals surface area contributed by atoms with Crippen molar-refractivity contribution in [1.29, 1.82) is 0 Å². The number of benzene rings is 1. The Labute approximate surface area is 136 Å². The number of hydrogen-bond donors (Lipinski definition) is 1. The minimum Gasteiger partial charge on any atom is -0.341 e. The van der Waals surface area contributed by atoms with E-state index < -0.39 is 0 Å². The number of amides is 1. The molecule has 23 heavy (non-hydrogen) atoms. The van der Waals surface area contributed by atoms with Gasteiger partial charge < -0.3 is 4.90 Å². The molecule has 1 saturated heterocycles. The molecule has 1 aliphatic carbocycles. The van der Waals surface area contributed by atoms with E-state index in [0.717, 1.165) is 48.7 Å². The Bertz CT molecular complexity index is 706. The zero-order chi connectivity index (χ0) is 15.8. The highest BCUT2D eigenvalue weighted by atomic mass is 16.2. The Hall–Kier alpha value is -1.88. The second kappa shape index (κ2) is 5.96. The minimum atomic E-state index is 0.244. The number of H-pyrrole nitrogens is 1. The zero-order valence-corrected chi connectivity index (χ0v) is 13.7. The number of carbonyl (C=O) groups is 1. The Kier molecular flexibility index (Phi) is 3.81. The minimum absolute atomic E-state index is 0.244. The van der Waals surface area contributed by atoms with E-state index in [9.17, 15) is 4.79 Å². The van der Waals surface area contributed by atoms with Crippen LogP contribution in [0.1, 0.15) is 25.3 Å². The van der Waals surface area contributed by atoms with Crippen LogP contribution in [0, 0.1) is 5.92 Å². The van der Waals surface area contributed by atoms with E-state index in [0.29, 0.717) is 12.3 Å². The molecule has 0 bridgehead atoms. The second-order valence-corrected chi connectivity index (χ2v) is 7.14. The van der Waals surface area contributed by atoms with E-state index >= 15 is 0 Å². The van der Waals surface area contributed by atoms with E-state index in [4.69, 9.17) is 0 Å². The van der Waals surface area contributed by atoms with Gasteiger partial charge >= 0.3 is 0 Å². The lowest BCUT2D eigenvalue weighted by molar-refractivity contribution is -0.130. The lowest BCUT2D eigenvalue weighted by Gasteiger charge is -2.22. The van der Waals surface area contributed by atoms with Gasteiger partial charge in [-0.05, 0) is 30.4 Å². The van der Waals surface area contributed by atoms with E-state index in [-0.39, 0.29) is 5.91 Å². The van der Waals surface area contributed by atoms with Gasteiger partial charge in [0.2, 0.25) is 5.91 Å². The first-order valence-corrected chi connectivity index (χ1v) is 8.63. The van der Waals surface area contributed by atoms with Crippen LogP contribution in [-0.2, 0) is 11.2 Å². The van der Waals surface area contributed by atoms with E-state index in [2.05, 4.69) is 26.9 Å². The van der Waals surface area contributed by atoms with Crippen molar-refractivity contribution in [2.45, 2.75) is 32.2 Å². The summed E-state index contributed by atoms with van der Waals surface area (Å²) in [6.45, 7) is 6.17. The van der Waals surface area contributed by atoms with E-state index in [1.54, 1.807) is 0 Å². The summed E-state index contributed by atoms with van der Waals surface area (Å²) < 4.78 is 0. The third-order valence-electron chi connectivity index (χ3n) is 5.01. The van der Waals surface area contributed by atoms with Gasteiger partial charge in [-0.25, -0.2) is 0 Å². The first kappa shape index (κ1) is 14.7. The lowest BCUT2D eigenvalue weighted by Crippen LogP contribution is -2.37. The first-order chi connectivity index (χ1) is 11.2. The molecule has 1 atom stereocenters. The van der Waals surface area contributed by atoms with Crippen molar-refractivity contribution in [3.63, 3.8) is 0 Å². The topological polar surface area (TPSA) is 52.2 Å². The fourth-order valence-electron chi connectivity index (χ4n) is 3.64. The molecule has 2 fully saturated rings. The molecule has 5 nitrogen and oxygen atoms in total. The third kappa shape index (κ3) is 3.24. The summed E-state index contributed by atoms with van der Waals surface area (Å²) in [6.07, 6.45) is 4.96. The van der Waals surface area contributed by atoms with E-state index in [1.807, 2.05) is 24.4 Å². The summed E-state index contributed by atoms with van der Waals surface area (Å²) in [5.74, 6) is 0.797. The van der Waals surface area contributed by atoms with Gasteiger partial charge in [-0.2, -0.15) is 5.10 Å². The molecule has 5 heteroatoms. The summed E-state index contributed by atoms with van der Waals surface area (Å²) in [6, 6.07) is 6.89. The maximum Gasteiger partial charge on any atom is 0.227 e. The zero-order valence-electron chi connectivity index (χ0n) is 13.7. The van der Waals surface area contributed by atoms with Crippen LogP contribution in [0.15, 0.2) is 24.4 Å². The molecule has 2 heterocycles. The smallest absolute Gasteiger partial charge is 0.227 e. The summed E-state index contributed by atoms with van der Waals surface area (Å²) in [5.41, 5.74) is 2.06. The van der Waals surface area contributed by atoms with Crippen molar-refractivity contribution in [2.24, 2.45) is 5.92 Å². The number of aromatic amines is 1. The molecule has 1 N–H and O–H groups in total. The molecule has 2 aliphatic rings. The van der Waals surface area contributed by atoms with Gasteiger partial charge in [0.15, 0.2) is 0 Å². The van der Waals surface area contributed by atoms with Crippen molar-refractivity contribution >= 4 is 16.8 Å². The van der Waals surface area contributed by atoms with Gasteiger partial charge in [0, 0.05) is 37.6 Å². The van der Waals surface area contributed by atoms with Gasteiger partial charge in [-0.3, -0.25) is 14.8 Å². The van der Waals surface area contributed by atoms with Crippen LogP contribution in [0.2, 0.25) is 0 Å². The second-order valence-electron chi connectivity index (χ2n) is 7.14. The molecule has 1 amide bonds. The maximum atomic E-state index is 12.7. The monoisotopic (exact) mass is 312 g/mol. The molecule has 1 aromatic heterocycles. The number of nitrogens with zero attached hydrogens (tertiary/aromatic N) is 3. The number of fused-ring (bicyclic) bond motifs is 1. The van der Waals surface area contributed by atoms with Crippen LogP contribution in [0.25, 0.3) is 10.9 Å². The molecule has 4 rings (SSSR count). The Balaban J connectivity index is 1.43. The van der Waals surface area contributed by atoms with E-state index in [1.165, 1.54) is 12.8 Å². The SMILES string of the molecule is CC1CN(C(=O)Cc2ccc3cn[nH]c3c2)CCN(C2CC2)C1. The number of rotatable bonds is 3. The molecule has 2 aromatic rings. The number of carbonyl (C=O) groups excluding carboxylic acids is 1. The number of nitrogens with one attached hydrogen (secondary N) is 1. The van der Waals surface area contributed by atoms with Crippen LogP contribution in [0.5, 0.6) is 0 Å². The number of aromatic nitrogens is 2. The fourth-order valence-corrected chi connectivity index (χ4v) is 3.64. The average molecular weight is 312 g/mol. The highest BCUT2D eigenvalue weighted by molar-refractivity contribution is 5.82. The van der Waals surface area contributed by atoms with Crippen molar-refractivity contribution in [3.8, 4) is 0 Å². The standard InChI is InChI=1S/C18H24N4O/c1-13-11-21(16-4-5-16)6-7-22(12-13)18(23)9-14-2-3-15-10-19-20-17(15)8-14/h2-3,8,10,13,16H,4-7,9,11-12H2,1H3,(H,19,20). The van der Waals surface area contributed by atoms with Gasteiger partial charge in [-0.1, -0.05) is 19.1 Å². The fraction of sp³-hybridized carbons (Fsp3) is 0.556. The molecule has 0 radical (unpaired) electrons. The van der Waals surface area contributed by atoms with Crippen molar-refractivity contribution < 1.29 is 4.79 Å². The van der Waals surface area contributed by atoms with Crippen LogP contribution in [0.3, 0.4) is 0 Å². The quantitative estimate of drug-likeness (QED) is 0.944. The first-order valence-electron chi connectivity index (χ1n) is 8.63. The Morgan fingerprint density at radius 3 is 3.00 bits per heavy atom. The van der Waals surface area contributed by atoms with Gasteiger partial charge in [0.1, 0.15) is 0 Å². The summed E-state index contributed by atoms with van der Waals surface area (Å²) in [7, 11) is 0. The summed E-state index contributed by atoms with van der Waals surface area (Å²) in [5, 5.41) is 8.10. The lowest BCUT2D eigenvalue weighted by atomic mass is 10.1. The molecule has 1 aliphatic heterocycles. The van der Waals surface area contributed by atoms with Crippen molar-refractivity contribution in [1.82, 2.24) is 20.0 Å². The normalized spacial score (nSPS) is 23.2. The largest absolute Gasteiger partial charge is 0.341 e. The predicted octanol–water partition coefficient (Wildman–Crippen LogP) is 2.05. The molecule has 0 spiro atoms. The Morgan fingerprint density at radius 1 is 1.30 bits per heavy atom. The summed E-state index contributed by atoms with van der Waals surface area (Å²) >= 11 is 0. The maximum absolute atomic E-state index is 12.7. The van der Waals surface area contributed by atoms with Crippen LogP contribution in [0.4, 0.5) is 0 Å². The highest BCUT2D eigenvalue weighted by Gasteiger charge is 2.32. The summed E-state index contributed by atoms with van der Waals surface area (Å²) in [4.78, 5) is 17.4. The van der Waals surface area contributed by atoms with Gasteiger partial charge in [0.25, 0.3) is 0 Å². The molecule has 1 unspecified atom stereocenters. The molecular formula is C18H24N4O. The number of hydrogen-bond acceptors (Lipinski definition) is 3. The molecule has 122 valence electrons. The molecule has 1 aromatic carbocycles. The molecule has 1 saturated carbocycles. The average Bonchev–Trinajstić information content (AvgIpc) is 3.30. The Morgan fingerprint density at radius 2 is 2.17 bits per heavy atom. The van der Waals surface area contributed by atoms with Crippen molar-refractivity contribution in [3.05, 3.63) is 30.0 Å². The third-order valence-corrected chi connectivity index (χ3v) is 5.01. The predicted molar refractivity (Wildman–Crippen MR) is 90.1 cm³/mol. The van der Waals surface area contributed by atoms with Crippen LogP contribution < -0.4 is 0 Å². The van der Waals surface area contributed by atoms with Gasteiger partial charge in [0.05, 0.1) is 18.1 Å². The van der Waals surface area contributed by atoms with Crippen LogP contribution in [-0.4, -0.2) is 58.1 Å². The molecular weight excluding hydrogens is 288 g/mol. The highest BCUT2D eigenvalue weighted by Crippen LogP contribution is 2.28. The van der Waals surface area contributed by atoms with Crippen molar-refractivity contribution in [2.75, 3.05) is 26.2 Å².